The smallest absolute Gasteiger partial charge is 0.224 e. The van der Waals surface area contributed by atoms with Crippen molar-refractivity contribution in [1.29, 1.82) is 0 Å². The van der Waals surface area contributed by atoms with Gasteiger partial charge in [-0.15, -0.1) is 0 Å². The van der Waals surface area contributed by atoms with Crippen molar-refractivity contribution in [3.8, 4) is 11.6 Å². The number of anilines is 1. The molecule has 2 aromatic rings. The highest BCUT2D eigenvalue weighted by Gasteiger charge is 2.09. The van der Waals surface area contributed by atoms with Crippen molar-refractivity contribution in [2.75, 3.05) is 5.73 Å². The van der Waals surface area contributed by atoms with Crippen LogP contribution in [0.25, 0.3) is 0 Å². The topological polar surface area (TPSA) is 61.0 Å². The fraction of sp³-hybridized carbons (Fsp3) is 0.333. The number of benzene rings is 1. The molecule has 4 heteroatoms. The number of aryl methyl sites for hydroxylation is 2. The molecule has 19 heavy (non-hydrogen) atoms. The molecule has 0 fully saturated rings. The molecular formula is C15H19N3O. The Balaban J connectivity index is 2.35. The summed E-state index contributed by atoms with van der Waals surface area (Å²) >= 11 is 0. The Bertz CT molecular complexity index is 594. The molecule has 0 saturated heterocycles. The first-order valence-electron chi connectivity index (χ1n) is 6.35. The van der Waals surface area contributed by atoms with Crippen LogP contribution in [0.2, 0.25) is 0 Å². The number of nitrogens with two attached hydrogens (primary N) is 1. The van der Waals surface area contributed by atoms with Crippen LogP contribution in [0.3, 0.4) is 0 Å². The third-order valence-electron chi connectivity index (χ3n) is 2.81. The van der Waals surface area contributed by atoms with Gasteiger partial charge >= 0.3 is 0 Å². The van der Waals surface area contributed by atoms with Gasteiger partial charge in [0.15, 0.2) is 0 Å². The van der Waals surface area contributed by atoms with Crippen molar-refractivity contribution < 1.29 is 4.74 Å². The standard InChI is InChI=1S/C15H19N3O/c1-9(2)15-17-13(16)8-14(18-15)19-12-7-10(3)5-6-11(12)4/h5-9H,1-4H3,(H2,16,17,18). The molecule has 0 spiro atoms. The molecule has 0 unspecified atom stereocenters. The number of aromatic nitrogens is 2. The molecule has 0 aliphatic rings. The van der Waals surface area contributed by atoms with Gasteiger partial charge in [-0.1, -0.05) is 26.0 Å². The van der Waals surface area contributed by atoms with Gasteiger partial charge in [-0.25, -0.2) is 4.98 Å². The maximum absolute atomic E-state index is 5.83. The minimum atomic E-state index is 0.212. The molecule has 2 rings (SSSR count). The van der Waals surface area contributed by atoms with Crippen molar-refractivity contribution in [2.24, 2.45) is 0 Å². The maximum Gasteiger partial charge on any atom is 0.224 e. The zero-order chi connectivity index (χ0) is 14.0. The Kier molecular flexibility index (Phi) is 3.69. The second-order valence-electron chi connectivity index (χ2n) is 5.01. The minimum absolute atomic E-state index is 0.212. The van der Waals surface area contributed by atoms with Crippen LogP contribution in [-0.2, 0) is 0 Å². The van der Waals surface area contributed by atoms with Crippen LogP contribution in [0.5, 0.6) is 11.6 Å². The second-order valence-corrected chi connectivity index (χ2v) is 5.01. The summed E-state index contributed by atoms with van der Waals surface area (Å²) in [5.74, 6) is 2.63. The van der Waals surface area contributed by atoms with Gasteiger partial charge in [0.2, 0.25) is 5.88 Å². The summed E-state index contributed by atoms with van der Waals surface area (Å²) in [6, 6.07) is 7.71. The quantitative estimate of drug-likeness (QED) is 0.912. The van der Waals surface area contributed by atoms with E-state index in [1.807, 2.05) is 39.8 Å². The maximum atomic E-state index is 5.83. The molecular weight excluding hydrogens is 238 g/mol. The number of nitrogen functional groups attached to an aromatic ring is 1. The number of ether oxygens (including phenoxy) is 1. The Hall–Kier alpha value is -2.10. The summed E-state index contributed by atoms with van der Waals surface area (Å²) < 4.78 is 5.83. The van der Waals surface area contributed by atoms with Gasteiger partial charge in [-0.3, -0.25) is 0 Å². The van der Waals surface area contributed by atoms with Crippen molar-refractivity contribution in [2.45, 2.75) is 33.6 Å². The molecule has 0 amide bonds. The molecule has 1 heterocycles. The SMILES string of the molecule is Cc1ccc(C)c(Oc2cc(N)nc(C(C)C)n2)c1. The van der Waals surface area contributed by atoms with E-state index < -0.39 is 0 Å². The Morgan fingerprint density at radius 2 is 1.84 bits per heavy atom. The summed E-state index contributed by atoms with van der Waals surface area (Å²) in [4.78, 5) is 8.59. The fourth-order valence-electron chi connectivity index (χ4n) is 1.70. The van der Waals surface area contributed by atoms with Crippen molar-refractivity contribution >= 4 is 5.82 Å². The van der Waals surface area contributed by atoms with Crippen molar-refractivity contribution in [3.05, 3.63) is 41.2 Å². The Morgan fingerprint density at radius 3 is 2.53 bits per heavy atom. The van der Waals surface area contributed by atoms with E-state index >= 15 is 0 Å². The van der Waals surface area contributed by atoms with Gasteiger partial charge in [-0.05, 0) is 31.0 Å². The lowest BCUT2D eigenvalue weighted by atomic mass is 10.1. The van der Waals surface area contributed by atoms with E-state index in [-0.39, 0.29) is 5.92 Å². The largest absolute Gasteiger partial charge is 0.439 e. The zero-order valence-corrected chi connectivity index (χ0v) is 11.8. The lowest BCUT2D eigenvalue weighted by Gasteiger charge is -2.11. The molecule has 0 aliphatic heterocycles. The van der Waals surface area contributed by atoms with Gasteiger partial charge in [0.1, 0.15) is 17.4 Å². The number of hydrogen-bond donors (Lipinski definition) is 1. The fourth-order valence-corrected chi connectivity index (χ4v) is 1.70. The van der Waals surface area contributed by atoms with Crippen LogP contribution in [0.4, 0.5) is 5.82 Å². The molecule has 100 valence electrons. The van der Waals surface area contributed by atoms with E-state index in [0.717, 1.165) is 16.9 Å². The molecule has 1 aromatic heterocycles. The van der Waals surface area contributed by atoms with Crippen LogP contribution >= 0.6 is 0 Å². The summed E-state index contributed by atoms with van der Waals surface area (Å²) in [5, 5.41) is 0. The summed E-state index contributed by atoms with van der Waals surface area (Å²) in [6.45, 7) is 8.08. The first kappa shape index (κ1) is 13.3. The van der Waals surface area contributed by atoms with Gasteiger partial charge in [0.25, 0.3) is 0 Å². The molecule has 0 radical (unpaired) electrons. The molecule has 2 N–H and O–H groups in total. The van der Waals surface area contributed by atoms with Gasteiger partial charge < -0.3 is 10.5 Å². The van der Waals surface area contributed by atoms with E-state index in [9.17, 15) is 0 Å². The first-order valence-corrected chi connectivity index (χ1v) is 6.35. The van der Waals surface area contributed by atoms with E-state index in [2.05, 4.69) is 16.0 Å². The Labute approximate surface area is 113 Å². The summed E-state index contributed by atoms with van der Waals surface area (Å²) in [7, 11) is 0. The normalized spacial score (nSPS) is 10.8. The number of nitrogens with zero attached hydrogens (tertiary/aromatic N) is 2. The zero-order valence-electron chi connectivity index (χ0n) is 11.8. The van der Waals surface area contributed by atoms with Gasteiger partial charge in [0.05, 0.1) is 0 Å². The van der Waals surface area contributed by atoms with Crippen LogP contribution < -0.4 is 10.5 Å². The summed E-state index contributed by atoms with van der Waals surface area (Å²) in [6.07, 6.45) is 0. The highest BCUT2D eigenvalue weighted by Crippen LogP contribution is 2.26. The molecule has 4 nitrogen and oxygen atoms in total. The molecule has 0 atom stereocenters. The average Bonchev–Trinajstić information content (AvgIpc) is 2.33. The van der Waals surface area contributed by atoms with Crippen molar-refractivity contribution in [3.63, 3.8) is 0 Å². The van der Waals surface area contributed by atoms with Gasteiger partial charge in [-0.2, -0.15) is 4.98 Å². The third kappa shape index (κ3) is 3.22. The predicted molar refractivity (Wildman–Crippen MR) is 76.5 cm³/mol. The van der Waals surface area contributed by atoms with E-state index in [1.54, 1.807) is 6.07 Å². The number of rotatable bonds is 3. The van der Waals surface area contributed by atoms with E-state index in [4.69, 9.17) is 10.5 Å². The van der Waals surface area contributed by atoms with Crippen LogP contribution in [0.1, 0.15) is 36.7 Å². The first-order chi connectivity index (χ1) is 8.95. The van der Waals surface area contributed by atoms with E-state index in [0.29, 0.717) is 17.5 Å². The molecule has 0 aliphatic carbocycles. The number of hydrogen-bond acceptors (Lipinski definition) is 4. The van der Waals surface area contributed by atoms with E-state index in [1.165, 1.54) is 0 Å². The minimum Gasteiger partial charge on any atom is -0.439 e. The summed E-state index contributed by atoms with van der Waals surface area (Å²) in [5.41, 5.74) is 8.00. The second kappa shape index (κ2) is 5.26. The van der Waals surface area contributed by atoms with Gasteiger partial charge in [0, 0.05) is 12.0 Å². The lowest BCUT2D eigenvalue weighted by Crippen LogP contribution is -2.03. The molecule has 0 saturated carbocycles. The highest BCUT2D eigenvalue weighted by atomic mass is 16.5. The lowest BCUT2D eigenvalue weighted by molar-refractivity contribution is 0.454. The average molecular weight is 257 g/mol. The predicted octanol–water partition coefficient (Wildman–Crippen LogP) is 3.59. The monoisotopic (exact) mass is 257 g/mol. The Morgan fingerprint density at radius 1 is 1.11 bits per heavy atom. The highest BCUT2D eigenvalue weighted by molar-refractivity contribution is 5.40. The van der Waals surface area contributed by atoms with Crippen LogP contribution in [0, 0.1) is 13.8 Å². The van der Waals surface area contributed by atoms with Crippen LogP contribution in [0.15, 0.2) is 24.3 Å². The van der Waals surface area contributed by atoms with Crippen LogP contribution in [-0.4, -0.2) is 9.97 Å². The third-order valence-corrected chi connectivity index (χ3v) is 2.81. The molecule has 0 bridgehead atoms. The van der Waals surface area contributed by atoms with Crippen molar-refractivity contribution in [1.82, 2.24) is 9.97 Å². The molecule has 1 aromatic carbocycles.